The Hall–Kier alpha value is -1.77. The number of esters is 1. The van der Waals surface area contributed by atoms with Crippen LogP contribution in [-0.4, -0.2) is 17.6 Å². The molecule has 1 heterocycles. The first-order chi connectivity index (χ1) is 9.29. The first kappa shape index (κ1) is 12.3. The molecular formula is C16H19NO2. The predicted molar refractivity (Wildman–Crippen MR) is 75.2 cm³/mol. The average Bonchev–Trinajstić information content (AvgIpc) is 2.79. The van der Waals surface area contributed by atoms with Crippen LogP contribution in [0.5, 0.6) is 0 Å². The third-order valence-corrected chi connectivity index (χ3v) is 3.95. The van der Waals surface area contributed by atoms with Crippen LogP contribution in [0.3, 0.4) is 0 Å². The average molecular weight is 257 g/mol. The Morgan fingerprint density at radius 2 is 2.26 bits per heavy atom. The Bertz CT molecular complexity index is 600. The lowest BCUT2D eigenvalue weighted by Gasteiger charge is -2.21. The van der Waals surface area contributed by atoms with E-state index in [4.69, 9.17) is 4.74 Å². The number of H-pyrrole nitrogens is 1. The highest BCUT2D eigenvalue weighted by atomic mass is 16.5. The highest BCUT2D eigenvalue weighted by Gasteiger charge is 2.26. The molecule has 19 heavy (non-hydrogen) atoms. The molecule has 0 saturated carbocycles. The van der Waals surface area contributed by atoms with Gasteiger partial charge in [0.1, 0.15) is 0 Å². The van der Waals surface area contributed by atoms with E-state index in [-0.39, 0.29) is 11.9 Å². The molecular weight excluding hydrogens is 238 g/mol. The summed E-state index contributed by atoms with van der Waals surface area (Å²) in [5.74, 6) is 0.203. The van der Waals surface area contributed by atoms with Gasteiger partial charge in [-0.1, -0.05) is 18.2 Å². The maximum absolute atomic E-state index is 11.7. The summed E-state index contributed by atoms with van der Waals surface area (Å²) in [7, 11) is 0. The van der Waals surface area contributed by atoms with Crippen LogP contribution in [0.15, 0.2) is 24.3 Å². The Kier molecular flexibility index (Phi) is 3.28. The summed E-state index contributed by atoms with van der Waals surface area (Å²) in [5.41, 5.74) is 3.83. The monoisotopic (exact) mass is 257 g/mol. The summed E-state index contributed by atoms with van der Waals surface area (Å²) in [4.78, 5) is 15.2. The number of aryl methyl sites for hydroxylation is 1. The van der Waals surface area contributed by atoms with Crippen molar-refractivity contribution < 1.29 is 9.53 Å². The first-order valence-electron chi connectivity index (χ1n) is 7.04. The fourth-order valence-corrected chi connectivity index (χ4v) is 3.13. The summed E-state index contributed by atoms with van der Waals surface area (Å²) in [6, 6.07) is 8.39. The van der Waals surface area contributed by atoms with Gasteiger partial charge >= 0.3 is 5.97 Å². The number of ether oxygens (including phenoxy) is 1. The molecule has 1 N–H and O–H groups in total. The number of aromatic amines is 1. The molecule has 1 unspecified atom stereocenters. The molecule has 0 aliphatic heterocycles. The first-order valence-corrected chi connectivity index (χ1v) is 7.04. The van der Waals surface area contributed by atoms with Gasteiger partial charge in [0.05, 0.1) is 13.0 Å². The minimum Gasteiger partial charge on any atom is -0.466 e. The van der Waals surface area contributed by atoms with Gasteiger partial charge in [0.25, 0.3) is 0 Å². The number of hydrogen-bond acceptors (Lipinski definition) is 2. The second kappa shape index (κ2) is 5.08. The number of hydrogen-bond donors (Lipinski definition) is 1. The van der Waals surface area contributed by atoms with E-state index in [9.17, 15) is 4.79 Å². The zero-order valence-corrected chi connectivity index (χ0v) is 11.2. The van der Waals surface area contributed by atoms with Crippen LogP contribution in [0.1, 0.15) is 43.4 Å². The van der Waals surface area contributed by atoms with E-state index in [1.807, 2.05) is 13.0 Å². The van der Waals surface area contributed by atoms with Crippen LogP contribution in [0.25, 0.3) is 10.9 Å². The molecule has 0 amide bonds. The van der Waals surface area contributed by atoms with Crippen molar-refractivity contribution in [3.8, 4) is 0 Å². The molecule has 3 heteroatoms. The van der Waals surface area contributed by atoms with Crippen LogP contribution < -0.4 is 0 Å². The van der Waals surface area contributed by atoms with Crippen molar-refractivity contribution in [2.45, 2.75) is 38.5 Å². The van der Waals surface area contributed by atoms with Crippen molar-refractivity contribution >= 4 is 16.9 Å². The second-order valence-corrected chi connectivity index (χ2v) is 5.16. The molecule has 0 spiro atoms. The predicted octanol–water partition coefficient (Wildman–Crippen LogP) is 3.54. The van der Waals surface area contributed by atoms with Gasteiger partial charge in [0, 0.05) is 22.5 Å². The van der Waals surface area contributed by atoms with Crippen molar-refractivity contribution in [2.75, 3.05) is 6.61 Å². The molecule has 2 aromatic rings. The summed E-state index contributed by atoms with van der Waals surface area (Å²) in [5, 5.41) is 1.31. The molecule has 3 rings (SSSR count). The number of nitrogens with one attached hydrogen (secondary N) is 1. The smallest absolute Gasteiger partial charge is 0.306 e. The zero-order valence-electron chi connectivity index (χ0n) is 11.2. The number of carbonyl (C=O) groups is 1. The maximum Gasteiger partial charge on any atom is 0.306 e. The Balaban J connectivity index is 1.93. The molecule has 1 atom stereocenters. The SMILES string of the molecule is CCOC(=O)CC1CCCc2c1[nH]c1ccccc21. The lowest BCUT2D eigenvalue weighted by molar-refractivity contribution is -0.143. The molecule has 1 aromatic heterocycles. The fourth-order valence-electron chi connectivity index (χ4n) is 3.13. The zero-order chi connectivity index (χ0) is 13.2. The molecule has 0 bridgehead atoms. The third-order valence-electron chi connectivity index (χ3n) is 3.95. The quantitative estimate of drug-likeness (QED) is 0.854. The van der Waals surface area contributed by atoms with Gasteiger partial charge in [-0.15, -0.1) is 0 Å². The highest BCUT2D eigenvalue weighted by Crippen LogP contribution is 2.37. The van der Waals surface area contributed by atoms with E-state index >= 15 is 0 Å². The van der Waals surface area contributed by atoms with Crippen molar-refractivity contribution in [3.63, 3.8) is 0 Å². The molecule has 0 radical (unpaired) electrons. The van der Waals surface area contributed by atoms with E-state index in [1.165, 1.54) is 22.2 Å². The van der Waals surface area contributed by atoms with E-state index < -0.39 is 0 Å². The van der Waals surface area contributed by atoms with Gasteiger partial charge < -0.3 is 9.72 Å². The minimum absolute atomic E-state index is 0.0843. The van der Waals surface area contributed by atoms with Crippen molar-refractivity contribution in [2.24, 2.45) is 0 Å². The number of carbonyl (C=O) groups excluding carboxylic acids is 1. The van der Waals surface area contributed by atoms with E-state index in [0.29, 0.717) is 13.0 Å². The fraction of sp³-hybridized carbons (Fsp3) is 0.438. The third kappa shape index (κ3) is 2.25. The van der Waals surface area contributed by atoms with Crippen molar-refractivity contribution in [3.05, 3.63) is 35.5 Å². The number of benzene rings is 1. The van der Waals surface area contributed by atoms with Gasteiger partial charge in [-0.25, -0.2) is 0 Å². The molecule has 1 aliphatic rings. The second-order valence-electron chi connectivity index (χ2n) is 5.16. The lowest BCUT2D eigenvalue weighted by Crippen LogP contribution is -2.15. The van der Waals surface area contributed by atoms with Crippen LogP contribution in [0.4, 0.5) is 0 Å². The number of aromatic nitrogens is 1. The van der Waals surface area contributed by atoms with Gasteiger partial charge in [0.15, 0.2) is 0 Å². The number of para-hydroxylation sites is 1. The lowest BCUT2D eigenvalue weighted by atomic mass is 9.85. The van der Waals surface area contributed by atoms with Crippen LogP contribution in [-0.2, 0) is 16.0 Å². The minimum atomic E-state index is -0.0843. The summed E-state index contributed by atoms with van der Waals surface area (Å²) in [6.07, 6.45) is 3.82. The molecule has 0 saturated heterocycles. The van der Waals surface area contributed by atoms with Crippen LogP contribution in [0, 0.1) is 0 Å². The number of rotatable bonds is 3. The van der Waals surface area contributed by atoms with E-state index in [1.54, 1.807) is 0 Å². The normalized spacial score (nSPS) is 18.3. The van der Waals surface area contributed by atoms with Crippen LogP contribution in [0.2, 0.25) is 0 Å². The van der Waals surface area contributed by atoms with Gasteiger partial charge in [-0.2, -0.15) is 0 Å². The largest absolute Gasteiger partial charge is 0.466 e. The maximum atomic E-state index is 11.7. The van der Waals surface area contributed by atoms with Gasteiger partial charge in [-0.3, -0.25) is 4.79 Å². The van der Waals surface area contributed by atoms with E-state index in [0.717, 1.165) is 19.3 Å². The molecule has 1 aromatic carbocycles. The summed E-state index contributed by atoms with van der Waals surface area (Å²) < 4.78 is 5.08. The number of fused-ring (bicyclic) bond motifs is 3. The molecule has 3 nitrogen and oxygen atoms in total. The molecule has 0 fully saturated rings. The summed E-state index contributed by atoms with van der Waals surface area (Å²) >= 11 is 0. The Labute approximate surface area is 113 Å². The standard InChI is InChI=1S/C16H19NO2/c1-2-19-15(18)10-11-6-5-8-13-12-7-3-4-9-14(12)17-16(11)13/h3-4,7,9,11,17H,2,5-6,8,10H2,1H3. The Morgan fingerprint density at radius 1 is 1.42 bits per heavy atom. The van der Waals surface area contributed by atoms with E-state index in [2.05, 4.69) is 23.2 Å². The molecule has 100 valence electrons. The van der Waals surface area contributed by atoms with Crippen molar-refractivity contribution in [1.29, 1.82) is 0 Å². The molecule has 1 aliphatic carbocycles. The van der Waals surface area contributed by atoms with Crippen molar-refractivity contribution in [1.82, 2.24) is 4.98 Å². The topological polar surface area (TPSA) is 42.1 Å². The van der Waals surface area contributed by atoms with Gasteiger partial charge in [-0.05, 0) is 37.8 Å². The van der Waals surface area contributed by atoms with Gasteiger partial charge in [0.2, 0.25) is 0 Å². The highest BCUT2D eigenvalue weighted by molar-refractivity contribution is 5.85. The van der Waals surface area contributed by atoms with Crippen LogP contribution >= 0.6 is 0 Å². The Morgan fingerprint density at radius 3 is 3.11 bits per heavy atom. The summed E-state index contributed by atoms with van der Waals surface area (Å²) in [6.45, 7) is 2.32.